The number of esters is 1. The van der Waals surface area contributed by atoms with E-state index in [2.05, 4.69) is 48.5 Å². The van der Waals surface area contributed by atoms with Crippen LogP contribution in [-0.4, -0.2) is 13.1 Å². The lowest BCUT2D eigenvalue weighted by Crippen LogP contribution is -2.16. The number of halogens is 1. The minimum atomic E-state index is -0.369. The van der Waals surface area contributed by atoms with Crippen molar-refractivity contribution in [3.8, 4) is 0 Å². The molecule has 0 fully saturated rings. The van der Waals surface area contributed by atoms with Crippen LogP contribution in [0.1, 0.15) is 18.0 Å². The topological polar surface area (TPSA) is 52.3 Å². The van der Waals surface area contributed by atoms with E-state index in [0.29, 0.717) is 0 Å². The lowest BCUT2D eigenvalue weighted by atomic mass is 9.89. The number of ether oxygens (including phenoxy) is 1. The van der Waals surface area contributed by atoms with Gasteiger partial charge >= 0.3 is 5.97 Å². The molecule has 0 spiro atoms. The zero-order valence-corrected chi connectivity index (χ0v) is 14.1. The Morgan fingerprint density at radius 3 is 2.21 bits per heavy atom. The Morgan fingerprint density at radius 2 is 1.54 bits per heavy atom. The van der Waals surface area contributed by atoms with Crippen molar-refractivity contribution in [1.29, 1.82) is 0 Å². The zero-order valence-electron chi connectivity index (χ0n) is 13.3. The van der Waals surface area contributed by atoms with Crippen LogP contribution in [0.3, 0.4) is 0 Å². The van der Waals surface area contributed by atoms with E-state index in [0.717, 1.165) is 10.9 Å². The highest BCUT2D eigenvalue weighted by Crippen LogP contribution is 2.37. The van der Waals surface area contributed by atoms with Gasteiger partial charge in [0.1, 0.15) is 0 Å². The van der Waals surface area contributed by atoms with Gasteiger partial charge in [0.15, 0.2) is 0 Å². The van der Waals surface area contributed by atoms with Crippen molar-refractivity contribution < 1.29 is 9.53 Å². The molecule has 24 heavy (non-hydrogen) atoms. The summed E-state index contributed by atoms with van der Waals surface area (Å²) in [5, 5.41) is 7.23. The van der Waals surface area contributed by atoms with Gasteiger partial charge in [0.05, 0.1) is 13.5 Å². The number of hydrogen-bond donors (Lipinski definition) is 1. The molecule has 4 rings (SSSR count). The fourth-order valence-corrected chi connectivity index (χ4v) is 3.45. The third kappa shape index (κ3) is 2.46. The van der Waals surface area contributed by atoms with E-state index in [4.69, 9.17) is 10.5 Å². The van der Waals surface area contributed by atoms with E-state index in [-0.39, 0.29) is 30.8 Å². The van der Waals surface area contributed by atoms with Crippen LogP contribution in [0.25, 0.3) is 32.3 Å². The summed E-state index contributed by atoms with van der Waals surface area (Å²) in [6, 6.07) is 18.6. The maximum atomic E-state index is 11.6. The fourth-order valence-electron chi connectivity index (χ4n) is 3.45. The van der Waals surface area contributed by atoms with Gasteiger partial charge in [0.2, 0.25) is 0 Å². The number of nitrogens with two attached hydrogens (primary N) is 1. The third-order valence-electron chi connectivity index (χ3n) is 4.58. The molecule has 0 heterocycles. The number of carbonyl (C=O) groups excluding carboxylic acids is 1. The van der Waals surface area contributed by atoms with Crippen molar-refractivity contribution in [1.82, 2.24) is 0 Å². The first-order valence-electron chi connectivity index (χ1n) is 7.68. The van der Waals surface area contributed by atoms with Gasteiger partial charge in [-0.1, -0.05) is 54.6 Å². The second kappa shape index (κ2) is 6.27. The quantitative estimate of drug-likeness (QED) is 0.439. The zero-order chi connectivity index (χ0) is 16.0. The molecule has 0 aliphatic heterocycles. The van der Waals surface area contributed by atoms with E-state index in [1.54, 1.807) is 0 Å². The Balaban J connectivity index is 0.00000169. The Morgan fingerprint density at radius 1 is 0.958 bits per heavy atom. The summed E-state index contributed by atoms with van der Waals surface area (Å²) in [5.74, 6) is -0.289. The summed E-state index contributed by atoms with van der Waals surface area (Å²) in [6.07, 6.45) is 0.181. The van der Waals surface area contributed by atoms with E-state index in [1.807, 2.05) is 6.07 Å². The summed E-state index contributed by atoms with van der Waals surface area (Å²) in [4.78, 5) is 11.6. The predicted molar refractivity (Wildman–Crippen MR) is 101 cm³/mol. The first-order valence-corrected chi connectivity index (χ1v) is 7.68. The second-order valence-corrected chi connectivity index (χ2v) is 5.90. The van der Waals surface area contributed by atoms with Crippen LogP contribution in [0.2, 0.25) is 0 Å². The third-order valence-corrected chi connectivity index (χ3v) is 4.58. The average molecular weight is 340 g/mol. The summed E-state index contributed by atoms with van der Waals surface area (Å²) in [5.41, 5.74) is 7.26. The van der Waals surface area contributed by atoms with Crippen molar-refractivity contribution in [2.24, 2.45) is 5.73 Å². The van der Waals surface area contributed by atoms with Crippen molar-refractivity contribution in [2.75, 3.05) is 7.11 Å². The summed E-state index contributed by atoms with van der Waals surface area (Å²) < 4.78 is 4.75. The predicted octanol–water partition coefficient (Wildman–Crippen LogP) is 4.57. The van der Waals surface area contributed by atoms with Crippen LogP contribution in [-0.2, 0) is 9.53 Å². The minimum Gasteiger partial charge on any atom is -0.469 e. The maximum absolute atomic E-state index is 11.6. The van der Waals surface area contributed by atoms with Gasteiger partial charge in [-0.2, -0.15) is 0 Å². The molecule has 0 unspecified atom stereocenters. The molecule has 0 aliphatic rings. The monoisotopic (exact) mass is 339 g/mol. The molecule has 0 saturated heterocycles. The highest BCUT2D eigenvalue weighted by molar-refractivity contribution is 6.23. The van der Waals surface area contributed by atoms with E-state index < -0.39 is 0 Å². The van der Waals surface area contributed by atoms with E-state index >= 15 is 0 Å². The second-order valence-electron chi connectivity index (χ2n) is 5.90. The van der Waals surface area contributed by atoms with Gasteiger partial charge in [0, 0.05) is 6.04 Å². The van der Waals surface area contributed by atoms with Crippen LogP contribution in [0.4, 0.5) is 0 Å². The van der Waals surface area contributed by atoms with Crippen LogP contribution < -0.4 is 5.73 Å². The van der Waals surface area contributed by atoms with Crippen molar-refractivity contribution in [3.63, 3.8) is 0 Å². The van der Waals surface area contributed by atoms with Gasteiger partial charge in [-0.25, -0.2) is 0 Å². The molecule has 122 valence electrons. The van der Waals surface area contributed by atoms with E-state index in [1.165, 1.54) is 34.0 Å². The molecule has 3 nitrogen and oxygen atoms in total. The molecule has 4 aromatic rings. The minimum absolute atomic E-state index is 0. The molecule has 4 aromatic carbocycles. The van der Waals surface area contributed by atoms with Gasteiger partial charge < -0.3 is 10.5 Å². The first-order chi connectivity index (χ1) is 11.2. The number of methoxy groups -OCH3 is 1. The van der Waals surface area contributed by atoms with Crippen LogP contribution >= 0.6 is 12.4 Å². The van der Waals surface area contributed by atoms with Gasteiger partial charge in [-0.3, -0.25) is 4.79 Å². The Kier molecular flexibility index (Phi) is 4.31. The molecule has 0 saturated carbocycles. The molecule has 0 amide bonds. The molecule has 0 aromatic heterocycles. The SMILES string of the molecule is COC(=O)C[C@@H](N)c1ccc2ccc3cccc4ccc1c2c34.Cl. The van der Waals surface area contributed by atoms with Crippen molar-refractivity contribution in [3.05, 3.63) is 60.2 Å². The smallest absolute Gasteiger partial charge is 0.307 e. The fraction of sp³-hybridized carbons (Fsp3) is 0.150. The average Bonchev–Trinajstić information content (AvgIpc) is 2.59. The Labute approximate surface area is 146 Å². The molecule has 1 atom stereocenters. The van der Waals surface area contributed by atoms with Crippen molar-refractivity contribution >= 4 is 50.7 Å². The molecular formula is C20H18ClNO2. The maximum Gasteiger partial charge on any atom is 0.307 e. The molecule has 4 heteroatoms. The van der Waals surface area contributed by atoms with Crippen LogP contribution in [0.15, 0.2) is 54.6 Å². The van der Waals surface area contributed by atoms with E-state index in [9.17, 15) is 4.79 Å². The van der Waals surface area contributed by atoms with Gasteiger partial charge in [0.25, 0.3) is 0 Å². The largest absolute Gasteiger partial charge is 0.469 e. The Hall–Kier alpha value is -2.36. The normalized spacial score (nSPS) is 12.4. The summed E-state index contributed by atoms with van der Waals surface area (Å²) in [7, 11) is 1.39. The molecule has 0 radical (unpaired) electrons. The number of rotatable bonds is 3. The lowest BCUT2D eigenvalue weighted by molar-refractivity contribution is -0.141. The highest BCUT2D eigenvalue weighted by Gasteiger charge is 2.17. The molecular weight excluding hydrogens is 322 g/mol. The van der Waals surface area contributed by atoms with Crippen LogP contribution in [0.5, 0.6) is 0 Å². The molecule has 0 aliphatic carbocycles. The summed E-state index contributed by atoms with van der Waals surface area (Å²) in [6.45, 7) is 0. The number of hydrogen-bond acceptors (Lipinski definition) is 3. The Bertz CT molecular complexity index is 1010. The van der Waals surface area contributed by atoms with Gasteiger partial charge in [-0.15, -0.1) is 12.4 Å². The molecule has 0 bridgehead atoms. The van der Waals surface area contributed by atoms with Crippen molar-refractivity contribution in [2.45, 2.75) is 12.5 Å². The first kappa shape index (κ1) is 16.5. The van der Waals surface area contributed by atoms with Crippen LogP contribution in [0, 0.1) is 0 Å². The lowest BCUT2D eigenvalue weighted by Gasteiger charge is -2.17. The standard InChI is InChI=1S/C20H17NO2.ClH/c1-23-18(22)11-17(21)15-9-7-14-6-5-12-3-2-4-13-8-10-16(15)20(14)19(12)13;/h2-10,17H,11,21H2,1H3;1H/t17-;/m1./s1. The number of benzene rings is 4. The van der Waals surface area contributed by atoms with Gasteiger partial charge in [-0.05, 0) is 37.9 Å². The molecule has 2 N–H and O–H groups in total. The number of carbonyl (C=O) groups is 1. The highest BCUT2D eigenvalue weighted by atomic mass is 35.5. The summed E-state index contributed by atoms with van der Waals surface area (Å²) >= 11 is 0.